The number of benzene rings is 2. The van der Waals surface area contributed by atoms with Gasteiger partial charge in [-0.3, -0.25) is 14.4 Å². The Balaban J connectivity index is 1.53. The number of aliphatic carboxylic acids is 1. The maximum absolute atomic E-state index is 13.5. The zero-order valence-corrected chi connectivity index (χ0v) is 23.3. The summed E-state index contributed by atoms with van der Waals surface area (Å²) >= 11 is 0. The topological polar surface area (TPSA) is 151 Å². The van der Waals surface area contributed by atoms with Crippen LogP contribution in [-0.2, 0) is 20.9 Å². The molecule has 220 valence electrons. The van der Waals surface area contributed by atoms with E-state index in [9.17, 15) is 24.3 Å². The van der Waals surface area contributed by atoms with Crippen LogP contribution < -0.4 is 10.1 Å². The molecule has 0 spiro atoms. The number of hydrogen-bond acceptors (Lipinski definition) is 8. The van der Waals surface area contributed by atoms with E-state index in [-0.39, 0.29) is 69.6 Å². The Bertz CT molecular complexity index is 1380. The van der Waals surface area contributed by atoms with Crippen molar-refractivity contribution in [2.75, 3.05) is 32.8 Å². The van der Waals surface area contributed by atoms with E-state index in [1.807, 2.05) is 48.5 Å². The summed E-state index contributed by atoms with van der Waals surface area (Å²) in [5.41, 5.74) is 1.53. The van der Waals surface area contributed by atoms with Crippen LogP contribution in [0.2, 0.25) is 0 Å². The molecule has 0 bridgehead atoms. The van der Waals surface area contributed by atoms with Gasteiger partial charge in [-0.2, -0.15) is 4.98 Å². The largest absolute Gasteiger partial charge is 0.481 e. The van der Waals surface area contributed by atoms with Crippen molar-refractivity contribution in [3.8, 4) is 17.3 Å². The number of carboxylic acids is 1. The van der Waals surface area contributed by atoms with Gasteiger partial charge in [-0.1, -0.05) is 60.7 Å². The molecule has 0 aliphatic carbocycles. The van der Waals surface area contributed by atoms with Crippen molar-refractivity contribution < 1.29 is 33.8 Å². The summed E-state index contributed by atoms with van der Waals surface area (Å²) in [7, 11) is 0. The number of nitrogens with zero attached hydrogens (tertiary/aromatic N) is 4. The fourth-order valence-corrected chi connectivity index (χ4v) is 4.37. The number of piperazine rings is 1. The molecular formula is C30H33N5O7. The Kier molecular flexibility index (Phi) is 10.4. The molecule has 2 N–H and O–H groups in total. The first kappa shape index (κ1) is 30.0. The summed E-state index contributed by atoms with van der Waals surface area (Å²) in [6.45, 7) is 3.14. The molecule has 0 saturated carbocycles. The van der Waals surface area contributed by atoms with Gasteiger partial charge in [0.25, 0.3) is 5.91 Å². The fourth-order valence-electron chi connectivity index (χ4n) is 4.37. The standard InChI is InChI=1S/C30H33N5O7/c1-2-41-30(40)35-17-15-34(16-18-35)29(39)23(13-14-26(36)37)32-28(38)24-19-25(42-20-21-9-5-3-6-10-21)33-27(31-24)22-11-7-4-8-12-22/h3-12,19,23H,2,13-18,20H2,1H3,(H,32,38)(H,36,37). The Morgan fingerprint density at radius 2 is 1.57 bits per heavy atom. The average molecular weight is 576 g/mol. The Morgan fingerprint density at radius 1 is 0.929 bits per heavy atom. The van der Waals surface area contributed by atoms with E-state index in [1.54, 1.807) is 19.1 Å². The first-order valence-electron chi connectivity index (χ1n) is 13.7. The van der Waals surface area contributed by atoms with Crippen LogP contribution in [0, 0.1) is 0 Å². The van der Waals surface area contributed by atoms with Crippen molar-refractivity contribution in [2.24, 2.45) is 0 Å². The number of carbonyl (C=O) groups excluding carboxylic acids is 3. The molecule has 2 aromatic carbocycles. The molecule has 1 aliphatic heterocycles. The second kappa shape index (κ2) is 14.6. The highest BCUT2D eigenvalue weighted by molar-refractivity contribution is 5.96. The lowest BCUT2D eigenvalue weighted by Crippen LogP contribution is -2.56. The molecule has 1 unspecified atom stereocenters. The number of ether oxygens (including phenoxy) is 2. The lowest BCUT2D eigenvalue weighted by molar-refractivity contribution is -0.138. The first-order valence-corrected chi connectivity index (χ1v) is 13.7. The van der Waals surface area contributed by atoms with E-state index in [0.717, 1.165) is 5.56 Å². The zero-order valence-electron chi connectivity index (χ0n) is 23.3. The van der Waals surface area contributed by atoms with Gasteiger partial charge < -0.3 is 29.7 Å². The molecule has 1 fully saturated rings. The summed E-state index contributed by atoms with van der Waals surface area (Å²) < 4.78 is 10.9. The molecule has 1 aliphatic rings. The zero-order chi connectivity index (χ0) is 29.9. The molecule has 12 heteroatoms. The van der Waals surface area contributed by atoms with Gasteiger partial charge in [0.2, 0.25) is 11.8 Å². The number of rotatable bonds is 11. The Labute approximate surface area is 243 Å². The predicted octanol–water partition coefficient (Wildman–Crippen LogP) is 2.99. The normalized spacial score (nSPS) is 13.6. The molecule has 0 radical (unpaired) electrons. The molecule has 1 aromatic heterocycles. The molecule has 4 rings (SSSR count). The van der Waals surface area contributed by atoms with Gasteiger partial charge in [0.15, 0.2) is 5.82 Å². The minimum atomic E-state index is -1.12. The molecule has 2 heterocycles. The summed E-state index contributed by atoms with van der Waals surface area (Å²) in [5, 5.41) is 11.9. The highest BCUT2D eigenvalue weighted by atomic mass is 16.6. The van der Waals surface area contributed by atoms with Crippen molar-refractivity contribution in [2.45, 2.75) is 32.4 Å². The maximum Gasteiger partial charge on any atom is 0.409 e. The van der Waals surface area contributed by atoms with Gasteiger partial charge in [0.1, 0.15) is 18.3 Å². The second-order valence-electron chi connectivity index (χ2n) is 9.53. The minimum absolute atomic E-state index is 0.0350. The van der Waals surface area contributed by atoms with E-state index < -0.39 is 29.9 Å². The first-order chi connectivity index (χ1) is 20.3. The highest BCUT2D eigenvalue weighted by Gasteiger charge is 2.31. The van der Waals surface area contributed by atoms with Crippen LogP contribution in [-0.4, -0.2) is 87.6 Å². The number of carbonyl (C=O) groups is 4. The third-order valence-corrected chi connectivity index (χ3v) is 6.56. The van der Waals surface area contributed by atoms with Crippen LogP contribution in [0.3, 0.4) is 0 Å². The van der Waals surface area contributed by atoms with Crippen LogP contribution in [0.5, 0.6) is 5.88 Å². The Hall–Kier alpha value is -5.00. The lowest BCUT2D eigenvalue weighted by atomic mass is 10.1. The average Bonchev–Trinajstić information content (AvgIpc) is 3.02. The maximum atomic E-state index is 13.5. The van der Waals surface area contributed by atoms with Gasteiger partial charge in [-0.05, 0) is 18.9 Å². The van der Waals surface area contributed by atoms with Crippen molar-refractivity contribution in [1.82, 2.24) is 25.1 Å². The van der Waals surface area contributed by atoms with Gasteiger partial charge in [0, 0.05) is 44.2 Å². The smallest absolute Gasteiger partial charge is 0.409 e. The van der Waals surface area contributed by atoms with Gasteiger partial charge >= 0.3 is 12.1 Å². The number of nitrogens with one attached hydrogen (secondary N) is 1. The number of carboxylic acid groups (broad SMARTS) is 1. The highest BCUT2D eigenvalue weighted by Crippen LogP contribution is 2.20. The molecule has 1 saturated heterocycles. The monoisotopic (exact) mass is 575 g/mol. The predicted molar refractivity (Wildman–Crippen MR) is 152 cm³/mol. The van der Waals surface area contributed by atoms with Crippen molar-refractivity contribution in [3.63, 3.8) is 0 Å². The van der Waals surface area contributed by atoms with E-state index in [4.69, 9.17) is 9.47 Å². The van der Waals surface area contributed by atoms with Gasteiger partial charge in [0.05, 0.1) is 6.61 Å². The van der Waals surface area contributed by atoms with E-state index >= 15 is 0 Å². The molecule has 12 nitrogen and oxygen atoms in total. The van der Waals surface area contributed by atoms with E-state index in [2.05, 4.69) is 15.3 Å². The third kappa shape index (κ3) is 8.26. The lowest BCUT2D eigenvalue weighted by Gasteiger charge is -2.35. The number of amides is 3. The van der Waals surface area contributed by atoms with Crippen molar-refractivity contribution in [3.05, 3.63) is 78.0 Å². The van der Waals surface area contributed by atoms with Crippen LogP contribution >= 0.6 is 0 Å². The summed E-state index contributed by atoms with van der Waals surface area (Å²) in [4.78, 5) is 62.2. The SMILES string of the molecule is CCOC(=O)N1CCN(C(=O)C(CCC(=O)O)NC(=O)c2cc(OCc3ccccc3)nc(-c3ccccc3)n2)CC1. The second-order valence-corrected chi connectivity index (χ2v) is 9.53. The third-order valence-electron chi connectivity index (χ3n) is 6.56. The molecule has 42 heavy (non-hydrogen) atoms. The Morgan fingerprint density at radius 3 is 2.21 bits per heavy atom. The van der Waals surface area contributed by atoms with Gasteiger partial charge in [-0.15, -0.1) is 0 Å². The summed E-state index contributed by atoms with van der Waals surface area (Å²) in [5.74, 6) is -1.78. The number of hydrogen-bond donors (Lipinski definition) is 2. The molecule has 1 atom stereocenters. The van der Waals surface area contributed by atoms with Crippen LogP contribution in [0.15, 0.2) is 66.7 Å². The fraction of sp³-hybridized carbons (Fsp3) is 0.333. The van der Waals surface area contributed by atoms with Crippen LogP contribution in [0.1, 0.15) is 35.8 Å². The molecule has 3 amide bonds. The van der Waals surface area contributed by atoms with Gasteiger partial charge in [-0.25, -0.2) is 9.78 Å². The van der Waals surface area contributed by atoms with E-state index in [0.29, 0.717) is 5.56 Å². The molecule has 3 aromatic rings. The summed E-state index contributed by atoms with van der Waals surface area (Å²) in [6, 6.07) is 18.8. The molecular weight excluding hydrogens is 542 g/mol. The van der Waals surface area contributed by atoms with Crippen LogP contribution in [0.25, 0.3) is 11.4 Å². The summed E-state index contributed by atoms with van der Waals surface area (Å²) in [6.07, 6.45) is -0.903. The number of aromatic nitrogens is 2. The minimum Gasteiger partial charge on any atom is -0.481 e. The van der Waals surface area contributed by atoms with E-state index in [1.165, 1.54) is 15.9 Å². The van der Waals surface area contributed by atoms with Crippen LogP contribution in [0.4, 0.5) is 4.79 Å². The van der Waals surface area contributed by atoms with Crippen molar-refractivity contribution in [1.29, 1.82) is 0 Å². The van der Waals surface area contributed by atoms with Crippen molar-refractivity contribution >= 4 is 23.9 Å². The quantitative estimate of drug-likeness (QED) is 0.352.